The second-order valence-electron chi connectivity index (χ2n) is 10.7. The van der Waals surface area contributed by atoms with Gasteiger partial charge in [0.05, 0.1) is 23.0 Å². The Morgan fingerprint density at radius 3 is 2.31 bits per heavy atom. The predicted molar refractivity (Wildman–Crippen MR) is 148 cm³/mol. The van der Waals surface area contributed by atoms with E-state index in [0.29, 0.717) is 0 Å². The molecule has 5 rings (SSSR count). The molecule has 2 saturated heterocycles. The van der Waals surface area contributed by atoms with E-state index in [-0.39, 0.29) is 62.0 Å². The summed E-state index contributed by atoms with van der Waals surface area (Å²) in [5, 5.41) is 11.0. The summed E-state index contributed by atoms with van der Waals surface area (Å²) in [6.45, 7) is 0.0272. The van der Waals surface area contributed by atoms with Crippen LogP contribution in [0.5, 0.6) is 0 Å². The SMILES string of the molecule is COC(=O)[C@@H]1C[C@@H](OC)CN1C(=O)[C@H](Cc1ccccc1)N1CCN(S(=O)(=O)c2ccc([N+](=O)[O-])cc2)C2(CC2)C1=O. The maximum absolute atomic E-state index is 14.2. The van der Waals surface area contributed by atoms with Gasteiger partial charge in [0.1, 0.15) is 17.6 Å². The van der Waals surface area contributed by atoms with Gasteiger partial charge in [-0.25, -0.2) is 13.2 Å². The summed E-state index contributed by atoms with van der Waals surface area (Å²) in [4.78, 5) is 54.0. The molecule has 1 spiro atoms. The highest BCUT2D eigenvalue weighted by atomic mass is 32.2. The van der Waals surface area contributed by atoms with Crippen molar-refractivity contribution in [2.24, 2.45) is 0 Å². The molecule has 0 bridgehead atoms. The number of piperazine rings is 1. The van der Waals surface area contributed by atoms with Gasteiger partial charge in [-0.15, -0.1) is 0 Å². The Morgan fingerprint density at radius 2 is 1.74 bits per heavy atom. The van der Waals surface area contributed by atoms with E-state index in [1.54, 1.807) is 0 Å². The summed E-state index contributed by atoms with van der Waals surface area (Å²) >= 11 is 0. The molecule has 13 nitrogen and oxygen atoms in total. The highest BCUT2D eigenvalue weighted by molar-refractivity contribution is 7.89. The fourth-order valence-electron chi connectivity index (χ4n) is 5.92. The predicted octanol–water partition coefficient (Wildman–Crippen LogP) is 1.36. The molecular formula is C28H32N4O9S. The Labute approximate surface area is 243 Å². The van der Waals surface area contributed by atoms with Crippen LogP contribution in [0.3, 0.4) is 0 Å². The van der Waals surface area contributed by atoms with Crippen LogP contribution in [0, 0.1) is 10.1 Å². The number of non-ortho nitro benzene ring substituents is 1. The van der Waals surface area contributed by atoms with Gasteiger partial charge in [-0.2, -0.15) is 4.31 Å². The van der Waals surface area contributed by atoms with Gasteiger partial charge in [0.25, 0.3) is 5.69 Å². The molecule has 14 heteroatoms. The Balaban J connectivity index is 1.46. The second-order valence-corrected chi connectivity index (χ2v) is 12.5. The van der Waals surface area contributed by atoms with Crippen LogP contribution in [-0.2, 0) is 40.3 Å². The van der Waals surface area contributed by atoms with E-state index in [1.165, 1.54) is 24.0 Å². The van der Waals surface area contributed by atoms with Gasteiger partial charge in [-0.1, -0.05) is 30.3 Å². The molecule has 3 atom stereocenters. The zero-order valence-corrected chi connectivity index (χ0v) is 24.1. The fourth-order valence-corrected chi connectivity index (χ4v) is 7.69. The number of rotatable bonds is 9. The van der Waals surface area contributed by atoms with Crippen LogP contribution in [0.1, 0.15) is 24.8 Å². The van der Waals surface area contributed by atoms with E-state index in [9.17, 15) is 32.9 Å². The minimum atomic E-state index is -4.17. The molecule has 42 heavy (non-hydrogen) atoms. The van der Waals surface area contributed by atoms with E-state index in [0.717, 1.165) is 34.1 Å². The first-order valence-corrected chi connectivity index (χ1v) is 15.0. The summed E-state index contributed by atoms with van der Waals surface area (Å²) in [5.74, 6) is -1.50. The van der Waals surface area contributed by atoms with Crippen molar-refractivity contribution in [2.75, 3.05) is 33.9 Å². The smallest absolute Gasteiger partial charge is 0.328 e. The molecule has 3 aliphatic rings. The number of ether oxygens (including phenoxy) is 2. The average Bonchev–Trinajstić information content (AvgIpc) is 3.66. The monoisotopic (exact) mass is 600 g/mol. The van der Waals surface area contributed by atoms with Gasteiger partial charge in [0.2, 0.25) is 21.8 Å². The van der Waals surface area contributed by atoms with Crippen molar-refractivity contribution in [1.29, 1.82) is 0 Å². The minimum absolute atomic E-state index is 0.0551. The van der Waals surface area contributed by atoms with Crippen molar-refractivity contribution in [1.82, 2.24) is 14.1 Å². The first-order valence-electron chi connectivity index (χ1n) is 13.6. The first-order chi connectivity index (χ1) is 20.0. The number of esters is 1. The van der Waals surface area contributed by atoms with Crippen LogP contribution >= 0.6 is 0 Å². The number of benzene rings is 2. The number of carbonyl (C=O) groups excluding carboxylic acids is 3. The third-order valence-corrected chi connectivity index (χ3v) is 10.3. The molecule has 2 heterocycles. The molecule has 224 valence electrons. The van der Waals surface area contributed by atoms with Crippen LogP contribution in [0.25, 0.3) is 0 Å². The number of methoxy groups -OCH3 is 2. The van der Waals surface area contributed by atoms with Crippen LogP contribution < -0.4 is 0 Å². The van der Waals surface area contributed by atoms with Gasteiger partial charge in [-0.05, 0) is 30.5 Å². The van der Waals surface area contributed by atoms with Crippen LogP contribution in [-0.4, -0.2) is 103 Å². The van der Waals surface area contributed by atoms with Crippen molar-refractivity contribution in [2.45, 2.75) is 54.3 Å². The van der Waals surface area contributed by atoms with E-state index in [1.807, 2.05) is 30.3 Å². The highest BCUT2D eigenvalue weighted by Gasteiger charge is 2.63. The standard InChI is InChI=1S/C28H32N4O9S/c1-40-21-17-24(26(34)41-2)30(18-21)25(33)23(16-19-6-4-3-5-7-19)29-14-15-31(28(12-13-28)27(29)35)42(38,39)22-10-8-20(9-11-22)32(36)37/h3-11,21,23-24H,12-18H2,1-2H3/t21-,23+,24+/m1/s1. The van der Waals surface area contributed by atoms with Crippen molar-refractivity contribution in [3.05, 3.63) is 70.3 Å². The minimum Gasteiger partial charge on any atom is -0.467 e. The van der Waals surface area contributed by atoms with E-state index in [2.05, 4.69) is 0 Å². The summed E-state index contributed by atoms with van der Waals surface area (Å²) in [7, 11) is -1.42. The fraction of sp³-hybridized carbons (Fsp3) is 0.464. The van der Waals surface area contributed by atoms with Crippen LogP contribution in [0.2, 0.25) is 0 Å². The van der Waals surface area contributed by atoms with Gasteiger partial charge in [0.15, 0.2) is 0 Å². The lowest BCUT2D eigenvalue weighted by molar-refractivity contribution is -0.384. The molecule has 2 aromatic carbocycles. The van der Waals surface area contributed by atoms with Crippen molar-refractivity contribution in [3.63, 3.8) is 0 Å². The molecule has 0 aromatic heterocycles. The lowest BCUT2D eigenvalue weighted by Crippen LogP contribution is -2.65. The van der Waals surface area contributed by atoms with Gasteiger partial charge in [0, 0.05) is 51.7 Å². The molecule has 2 aromatic rings. The number of likely N-dealkylation sites (tertiary alicyclic amines) is 1. The lowest BCUT2D eigenvalue weighted by Gasteiger charge is -2.44. The number of amides is 2. The summed E-state index contributed by atoms with van der Waals surface area (Å²) in [6, 6.07) is 11.8. The normalized spacial score (nSPS) is 22.7. The number of hydrogen-bond acceptors (Lipinski definition) is 9. The molecule has 3 fully saturated rings. The maximum Gasteiger partial charge on any atom is 0.328 e. The Hall–Kier alpha value is -3.88. The molecule has 2 amide bonds. The van der Waals surface area contributed by atoms with E-state index in [4.69, 9.17) is 9.47 Å². The third-order valence-electron chi connectivity index (χ3n) is 8.33. The molecule has 0 N–H and O–H groups in total. The van der Waals surface area contributed by atoms with Gasteiger partial charge in [-0.3, -0.25) is 19.7 Å². The quantitative estimate of drug-likeness (QED) is 0.236. The molecule has 1 saturated carbocycles. The maximum atomic E-state index is 14.2. The number of hydrogen-bond donors (Lipinski definition) is 0. The average molecular weight is 601 g/mol. The highest BCUT2D eigenvalue weighted by Crippen LogP contribution is 2.48. The molecule has 0 radical (unpaired) electrons. The number of nitrogens with zero attached hydrogens (tertiary/aromatic N) is 4. The number of carbonyl (C=O) groups is 3. The lowest BCUT2D eigenvalue weighted by atomic mass is 10.00. The zero-order valence-electron chi connectivity index (χ0n) is 23.2. The number of nitro benzene ring substituents is 1. The second kappa shape index (κ2) is 11.4. The molecular weight excluding hydrogens is 568 g/mol. The van der Waals surface area contributed by atoms with Crippen molar-refractivity contribution in [3.8, 4) is 0 Å². The van der Waals surface area contributed by atoms with Crippen LogP contribution in [0.15, 0.2) is 59.5 Å². The molecule has 0 unspecified atom stereocenters. The van der Waals surface area contributed by atoms with E-state index < -0.39 is 50.4 Å². The molecule has 2 aliphatic heterocycles. The van der Waals surface area contributed by atoms with E-state index >= 15 is 0 Å². The summed E-state index contributed by atoms with van der Waals surface area (Å²) < 4.78 is 38.8. The Kier molecular flexibility index (Phi) is 8.05. The Bertz CT molecular complexity index is 1480. The number of sulfonamides is 1. The number of nitro groups is 1. The Morgan fingerprint density at radius 1 is 1.07 bits per heavy atom. The largest absolute Gasteiger partial charge is 0.467 e. The van der Waals surface area contributed by atoms with Crippen molar-refractivity contribution >= 4 is 33.5 Å². The molecule has 1 aliphatic carbocycles. The van der Waals surface area contributed by atoms with Gasteiger partial charge >= 0.3 is 5.97 Å². The third kappa shape index (κ3) is 5.25. The zero-order chi connectivity index (χ0) is 30.2. The summed E-state index contributed by atoms with van der Waals surface area (Å²) in [6.07, 6.45) is 0.594. The van der Waals surface area contributed by atoms with Crippen molar-refractivity contribution < 1.29 is 37.2 Å². The first kappa shape index (κ1) is 29.6. The van der Waals surface area contributed by atoms with Crippen LogP contribution in [0.4, 0.5) is 5.69 Å². The van der Waals surface area contributed by atoms with Gasteiger partial charge < -0.3 is 19.3 Å². The summed E-state index contributed by atoms with van der Waals surface area (Å²) in [5.41, 5.74) is -0.803. The topological polar surface area (TPSA) is 157 Å².